The molecule has 136 valence electrons. The third-order valence-electron chi connectivity index (χ3n) is 5.11. The van der Waals surface area contributed by atoms with Gasteiger partial charge in [0.1, 0.15) is 11.5 Å². The molecular formula is C18H27N5O2. The van der Waals surface area contributed by atoms with E-state index in [4.69, 9.17) is 0 Å². The molecule has 1 aromatic heterocycles. The number of aromatic nitrogens is 2. The zero-order valence-corrected chi connectivity index (χ0v) is 14.9. The van der Waals surface area contributed by atoms with Crippen molar-refractivity contribution in [3.05, 3.63) is 18.1 Å². The second kappa shape index (κ2) is 8.27. The lowest BCUT2D eigenvalue weighted by atomic mass is 10.1. The van der Waals surface area contributed by atoms with E-state index < -0.39 is 0 Å². The van der Waals surface area contributed by atoms with E-state index in [-0.39, 0.29) is 17.9 Å². The van der Waals surface area contributed by atoms with Crippen molar-refractivity contribution in [1.29, 1.82) is 0 Å². The van der Waals surface area contributed by atoms with Crippen LogP contribution in [0.5, 0.6) is 0 Å². The Bertz CT molecular complexity index is 588. The minimum Gasteiger partial charge on any atom is -0.352 e. The van der Waals surface area contributed by atoms with E-state index in [2.05, 4.69) is 20.2 Å². The van der Waals surface area contributed by atoms with Crippen LogP contribution in [0, 0.1) is 0 Å². The number of amides is 2. The van der Waals surface area contributed by atoms with Crippen molar-refractivity contribution in [2.75, 3.05) is 31.1 Å². The molecule has 2 heterocycles. The second-order valence-electron chi connectivity index (χ2n) is 6.91. The number of rotatable bonds is 3. The minimum atomic E-state index is -0.132. The van der Waals surface area contributed by atoms with Crippen molar-refractivity contribution in [2.24, 2.45) is 0 Å². The molecule has 0 spiro atoms. The molecule has 7 nitrogen and oxygen atoms in total. The normalized spacial score (nSPS) is 19.4. The van der Waals surface area contributed by atoms with Crippen LogP contribution in [-0.4, -0.2) is 58.9 Å². The quantitative estimate of drug-likeness (QED) is 0.842. The van der Waals surface area contributed by atoms with Gasteiger partial charge in [0.15, 0.2) is 0 Å². The zero-order chi connectivity index (χ0) is 17.6. The third-order valence-corrected chi connectivity index (χ3v) is 5.11. The Balaban J connectivity index is 1.54. The van der Waals surface area contributed by atoms with Crippen molar-refractivity contribution in [2.45, 2.75) is 51.5 Å². The van der Waals surface area contributed by atoms with Crippen LogP contribution < -0.4 is 10.2 Å². The summed E-state index contributed by atoms with van der Waals surface area (Å²) in [7, 11) is 0. The predicted molar refractivity (Wildman–Crippen MR) is 95.5 cm³/mol. The Morgan fingerprint density at radius 2 is 1.68 bits per heavy atom. The van der Waals surface area contributed by atoms with Crippen LogP contribution in [0.15, 0.2) is 12.4 Å². The number of carbonyl (C=O) groups is 2. The fourth-order valence-corrected chi connectivity index (χ4v) is 3.54. The molecule has 2 fully saturated rings. The molecule has 25 heavy (non-hydrogen) atoms. The zero-order valence-electron chi connectivity index (χ0n) is 14.9. The number of piperazine rings is 1. The fraction of sp³-hybridized carbons (Fsp3) is 0.667. The van der Waals surface area contributed by atoms with Crippen molar-refractivity contribution in [3.8, 4) is 0 Å². The number of anilines is 1. The molecule has 2 amide bonds. The van der Waals surface area contributed by atoms with Crippen LogP contribution in [-0.2, 0) is 4.79 Å². The van der Waals surface area contributed by atoms with Gasteiger partial charge >= 0.3 is 0 Å². The lowest BCUT2D eigenvalue weighted by Crippen LogP contribution is -2.48. The highest BCUT2D eigenvalue weighted by atomic mass is 16.2. The number of hydrogen-bond acceptors (Lipinski definition) is 5. The molecule has 0 unspecified atom stereocenters. The summed E-state index contributed by atoms with van der Waals surface area (Å²) < 4.78 is 0. The van der Waals surface area contributed by atoms with Crippen molar-refractivity contribution in [3.63, 3.8) is 0 Å². The van der Waals surface area contributed by atoms with Gasteiger partial charge in [0.25, 0.3) is 5.91 Å². The Morgan fingerprint density at radius 3 is 2.24 bits per heavy atom. The third kappa shape index (κ3) is 4.67. The van der Waals surface area contributed by atoms with Gasteiger partial charge < -0.3 is 15.1 Å². The van der Waals surface area contributed by atoms with E-state index >= 15 is 0 Å². The molecule has 1 N–H and O–H groups in total. The summed E-state index contributed by atoms with van der Waals surface area (Å²) >= 11 is 0. The first-order valence-electron chi connectivity index (χ1n) is 9.27. The number of nitrogens with zero attached hydrogens (tertiary/aromatic N) is 4. The molecule has 0 radical (unpaired) electrons. The molecule has 0 bridgehead atoms. The first-order valence-corrected chi connectivity index (χ1v) is 9.27. The summed E-state index contributed by atoms with van der Waals surface area (Å²) in [6, 6.07) is 0.260. The molecule has 7 heteroatoms. The highest BCUT2D eigenvalue weighted by molar-refractivity contribution is 5.92. The number of hydrogen-bond donors (Lipinski definition) is 1. The Labute approximate surface area is 148 Å². The summed E-state index contributed by atoms with van der Waals surface area (Å²) in [6.45, 7) is 4.46. The van der Waals surface area contributed by atoms with Gasteiger partial charge in [-0.15, -0.1) is 0 Å². The van der Waals surface area contributed by atoms with Gasteiger partial charge in [0.2, 0.25) is 5.91 Å². The van der Waals surface area contributed by atoms with Crippen LogP contribution in [0.25, 0.3) is 0 Å². The largest absolute Gasteiger partial charge is 0.352 e. The van der Waals surface area contributed by atoms with E-state index in [0.717, 1.165) is 31.7 Å². The van der Waals surface area contributed by atoms with E-state index in [1.54, 1.807) is 19.3 Å². The molecule has 1 saturated heterocycles. The maximum Gasteiger partial charge on any atom is 0.271 e. The van der Waals surface area contributed by atoms with Crippen LogP contribution in [0.2, 0.25) is 0 Å². The summed E-state index contributed by atoms with van der Waals surface area (Å²) in [4.78, 5) is 36.4. The summed E-state index contributed by atoms with van der Waals surface area (Å²) in [6.07, 6.45) is 10.2. The molecule has 1 aliphatic heterocycles. The molecule has 1 aromatic rings. The molecule has 0 aromatic carbocycles. The van der Waals surface area contributed by atoms with E-state index in [1.165, 1.54) is 25.7 Å². The standard InChI is InChI=1S/C18H27N5O2/c1-14(24)22-8-10-23(11-9-22)17-13-19-16(12-20-17)18(25)21-15-6-4-2-3-5-7-15/h12-13,15H,2-11H2,1H3,(H,21,25). The average molecular weight is 345 g/mol. The smallest absolute Gasteiger partial charge is 0.271 e. The lowest BCUT2D eigenvalue weighted by molar-refractivity contribution is -0.129. The van der Waals surface area contributed by atoms with Crippen LogP contribution >= 0.6 is 0 Å². The maximum absolute atomic E-state index is 12.4. The van der Waals surface area contributed by atoms with Gasteiger partial charge in [0, 0.05) is 39.1 Å². The lowest BCUT2D eigenvalue weighted by Gasteiger charge is -2.34. The van der Waals surface area contributed by atoms with Gasteiger partial charge in [-0.1, -0.05) is 25.7 Å². The maximum atomic E-state index is 12.4. The van der Waals surface area contributed by atoms with Gasteiger partial charge in [-0.25, -0.2) is 9.97 Å². The Kier molecular flexibility index (Phi) is 5.83. The fourth-order valence-electron chi connectivity index (χ4n) is 3.54. The van der Waals surface area contributed by atoms with Crippen LogP contribution in [0.1, 0.15) is 55.9 Å². The van der Waals surface area contributed by atoms with Crippen LogP contribution in [0.4, 0.5) is 5.82 Å². The molecule has 1 saturated carbocycles. The summed E-state index contributed by atoms with van der Waals surface area (Å²) in [5.41, 5.74) is 0.371. The Hall–Kier alpha value is -2.18. The molecule has 1 aliphatic carbocycles. The average Bonchev–Trinajstić information content (AvgIpc) is 2.90. The molecule has 0 atom stereocenters. The summed E-state index contributed by atoms with van der Waals surface area (Å²) in [5, 5.41) is 3.09. The number of nitrogens with one attached hydrogen (secondary N) is 1. The van der Waals surface area contributed by atoms with E-state index in [0.29, 0.717) is 18.8 Å². The van der Waals surface area contributed by atoms with E-state index in [1.807, 2.05) is 4.90 Å². The monoisotopic (exact) mass is 345 g/mol. The first-order chi connectivity index (χ1) is 12.1. The highest BCUT2D eigenvalue weighted by Gasteiger charge is 2.21. The minimum absolute atomic E-state index is 0.108. The van der Waals surface area contributed by atoms with Gasteiger partial charge in [-0.2, -0.15) is 0 Å². The number of carbonyl (C=O) groups excluding carboxylic acids is 2. The second-order valence-corrected chi connectivity index (χ2v) is 6.91. The van der Waals surface area contributed by atoms with Gasteiger partial charge in [-0.05, 0) is 12.8 Å². The molecule has 3 rings (SSSR count). The Morgan fingerprint density at radius 1 is 1.00 bits per heavy atom. The first kappa shape index (κ1) is 17.6. The highest BCUT2D eigenvalue weighted by Crippen LogP contribution is 2.18. The summed E-state index contributed by atoms with van der Waals surface area (Å²) in [5.74, 6) is 0.734. The van der Waals surface area contributed by atoms with Crippen molar-refractivity contribution >= 4 is 17.6 Å². The molecular weight excluding hydrogens is 318 g/mol. The van der Waals surface area contributed by atoms with E-state index in [9.17, 15) is 9.59 Å². The van der Waals surface area contributed by atoms with Crippen molar-refractivity contribution in [1.82, 2.24) is 20.2 Å². The van der Waals surface area contributed by atoms with Crippen LogP contribution in [0.3, 0.4) is 0 Å². The van der Waals surface area contributed by atoms with Crippen molar-refractivity contribution < 1.29 is 9.59 Å². The molecule has 2 aliphatic rings. The van der Waals surface area contributed by atoms with Gasteiger partial charge in [0.05, 0.1) is 12.4 Å². The topological polar surface area (TPSA) is 78.4 Å². The SMILES string of the molecule is CC(=O)N1CCN(c2cnc(C(=O)NC3CCCCCC3)cn2)CC1. The predicted octanol–water partition coefficient (Wildman–Crippen LogP) is 1.60. The van der Waals surface area contributed by atoms with Gasteiger partial charge in [-0.3, -0.25) is 9.59 Å².